The number of sulfonamides is 1. The van der Waals surface area contributed by atoms with Gasteiger partial charge in [0, 0.05) is 12.1 Å². The average molecular weight is 285 g/mol. The molecular weight excluding hydrogens is 269 g/mol. The minimum absolute atomic E-state index is 0.0210. The lowest BCUT2D eigenvalue weighted by atomic mass is 10.1. The third-order valence-corrected chi connectivity index (χ3v) is 4.82. The van der Waals surface area contributed by atoms with Gasteiger partial charge in [0.05, 0.1) is 18.0 Å². The summed E-state index contributed by atoms with van der Waals surface area (Å²) in [5.74, 6) is 1.60. The van der Waals surface area contributed by atoms with Crippen LogP contribution in [0.2, 0.25) is 0 Å². The Morgan fingerprint density at radius 1 is 1.47 bits per heavy atom. The van der Waals surface area contributed by atoms with Gasteiger partial charge < -0.3 is 5.11 Å². The Bertz CT molecular complexity index is 605. The maximum Gasteiger partial charge on any atom is 0.244 e. The molecule has 6 heteroatoms. The Hall–Kier alpha value is -1.42. The van der Waals surface area contributed by atoms with Gasteiger partial charge in [-0.05, 0) is 24.6 Å². The molecule has 0 radical (unpaired) electrons. The summed E-state index contributed by atoms with van der Waals surface area (Å²) < 4.78 is 39.5. The monoisotopic (exact) mass is 285 g/mol. The second-order valence-corrected chi connectivity index (χ2v) is 5.90. The number of aliphatic hydroxyl groups excluding tert-OH is 1. The summed E-state index contributed by atoms with van der Waals surface area (Å²) in [5, 5.41) is 9.03. The molecule has 0 bridgehead atoms. The van der Waals surface area contributed by atoms with E-state index in [1.54, 1.807) is 6.92 Å². The minimum Gasteiger partial charge on any atom is -0.392 e. The fourth-order valence-corrected chi connectivity index (χ4v) is 3.32. The highest BCUT2D eigenvalue weighted by molar-refractivity contribution is 7.89. The molecule has 1 aromatic carbocycles. The predicted molar refractivity (Wildman–Crippen MR) is 70.3 cm³/mol. The molecule has 1 N–H and O–H groups in total. The molecule has 0 aliphatic carbocycles. The molecule has 4 nitrogen and oxygen atoms in total. The van der Waals surface area contributed by atoms with Crippen molar-refractivity contribution in [2.45, 2.75) is 25.3 Å². The summed E-state index contributed by atoms with van der Waals surface area (Å²) in [7, 11) is -3.86. The first kappa shape index (κ1) is 15.6. The predicted octanol–water partition coefficient (Wildman–Crippen LogP) is 1.27. The first-order chi connectivity index (χ1) is 8.88. The van der Waals surface area contributed by atoms with E-state index < -0.39 is 22.4 Å². The average Bonchev–Trinajstić information content (AvgIpc) is 2.38. The van der Waals surface area contributed by atoms with Crippen molar-refractivity contribution in [2.24, 2.45) is 0 Å². The van der Waals surface area contributed by atoms with Crippen LogP contribution in [0.3, 0.4) is 0 Å². The van der Waals surface area contributed by atoms with Crippen molar-refractivity contribution >= 4 is 10.0 Å². The summed E-state index contributed by atoms with van der Waals surface area (Å²) in [4.78, 5) is -0.159. The van der Waals surface area contributed by atoms with E-state index in [-0.39, 0.29) is 29.1 Å². The Kier molecular flexibility index (Phi) is 5.06. The van der Waals surface area contributed by atoms with Crippen molar-refractivity contribution in [2.75, 3.05) is 13.1 Å². The second kappa shape index (κ2) is 6.15. The van der Waals surface area contributed by atoms with Gasteiger partial charge in [-0.25, -0.2) is 12.8 Å². The van der Waals surface area contributed by atoms with E-state index in [1.165, 1.54) is 13.0 Å². The standard InChI is InChI=1S/C13H16FNO3S/c1-4-6-15(5-2)19(17,18)13-8-11(9-16)7-12(14)10(13)3/h1,7-8,16H,5-6,9H2,2-3H3. The van der Waals surface area contributed by atoms with Gasteiger partial charge in [0.15, 0.2) is 0 Å². The molecule has 0 amide bonds. The van der Waals surface area contributed by atoms with E-state index >= 15 is 0 Å². The highest BCUT2D eigenvalue weighted by atomic mass is 32.2. The van der Waals surface area contributed by atoms with Gasteiger partial charge in [-0.3, -0.25) is 0 Å². The molecule has 0 saturated heterocycles. The molecular formula is C13H16FNO3S. The molecule has 0 saturated carbocycles. The third-order valence-electron chi connectivity index (χ3n) is 2.78. The van der Waals surface area contributed by atoms with Crippen LogP contribution in [0.15, 0.2) is 17.0 Å². The van der Waals surface area contributed by atoms with Crippen molar-refractivity contribution < 1.29 is 17.9 Å². The lowest BCUT2D eigenvalue weighted by Crippen LogP contribution is -2.32. The molecule has 0 aliphatic rings. The topological polar surface area (TPSA) is 57.6 Å². The van der Waals surface area contributed by atoms with E-state index in [0.717, 1.165) is 10.4 Å². The van der Waals surface area contributed by atoms with E-state index in [2.05, 4.69) is 5.92 Å². The lowest BCUT2D eigenvalue weighted by molar-refractivity contribution is 0.280. The van der Waals surface area contributed by atoms with Crippen LogP contribution in [0.1, 0.15) is 18.1 Å². The van der Waals surface area contributed by atoms with E-state index in [9.17, 15) is 12.8 Å². The largest absolute Gasteiger partial charge is 0.392 e. The summed E-state index contributed by atoms with van der Waals surface area (Å²) in [6.45, 7) is 2.71. The van der Waals surface area contributed by atoms with Gasteiger partial charge in [0.2, 0.25) is 10.0 Å². The number of benzene rings is 1. The molecule has 19 heavy (non-hydrogen) atoms. The molecule has 1 rings (SSSR count). The van der Waals surface area contributed by atoms with Crippen LogP contribution in [-0.4, -0.2) is 30.9 Å². The number of nitrogens with zero attached hydrogens (tertiary/aromatic N) is 1. The molecule has 0 atom stereocenters. The van der Waals surface area contributed by atoms with Crippen molar-refractivity contribution in [3.05, 3.63) is 29.1 Å². The number of hydrogen-bond acceptors (Lipinski definition) is 3. The zero-order valence-corrected chi connectivity index (χ0v) is 11.7. The molecule has 0 heterocycles. The summed E-state index contributed by atoms with van der Waals surface area (Å²) in [6.07, 6.45) is 5.13. The van der Waals surface area contributed by atoms with Gasteiger partial charge in [-0.2, -0.15) is 4.31 Å². The Morgan fingerprint density at radius 2 is 2.11 bits per heavy atom. The molecule has 104 valence electrons. The van der Waals surface area contributed by atoms with Gasteiger partial charge in [0.25, 0.3) is 0 Å². The lowest BCUT2D eigenvalue weighted by Gasteiger charge is -2.20. The first-order valence-electron chi connectivity index (χ1n) is 5.72. The van der Waals surface area contributed by atoms with E-state index in [1.807, 2.05) is 0 Å². The summed E-state index contributed by atoms with van der Waals surface area (Å²) >= 11 is 0. The van der Waals surface area contributed by atoms with Crippen molar-refractivity contribution in [1.29, 1.82) is 0 Å². The Morgan fingerprint density at radius 3 is 2.58 bits per heavy atom. The molecule has 0 fully saturated rings. The number of halogens is 1. The maximum atomic E-state index is 13.7. The molecule has 0 aromatic heterocycles. The van der Waals surface area contributed by atoms with Crippen LogP contribution in [-0.2, 0) is 16.6 Å². The van der Waals surface area contributed by atoms with Crippen molar-refractivity contribution in [3.63, 3.8) is 0 Å². The third kappa shape index (κ3) is 3.13. The Balaban J connectivity index is 3.44. The SMILES string of the molecule is C#CCN(CC)S(=O)(=O)c1cc(CO)cc(F)c1C. The second-order valence-electron chi connectivity index (χ2n) is 3.99. The number of terminal acetylenes is 1. The number of aliphatic hydroxyl groups is 1. The molecule has 0 spiro atoms. The summed E-state index contributed by atoms with van der Waals surface area (Å²) in [5.41, 5.74) is 0.228. The van der Waals surface area contributed by atoms with Crippen LogP contribution in [0.5, 0.6) is 0 Å². The summed E-state index contributed by atoms with van der Waals surface area (Å²) in [6, 6.07) is 2.39. The normalized spacial score (nSPS) is 11.6. The molecule has 1 aromatic rings. The molecule has 0 aliphatic heterocycles. The quantitative estimate of drug-likeness (QED) is 0.829. The van der Waals surface area contributed by atoms with Crippen LogP contribution in [0, 0.1) is 25.1 Å². The highest BCUT2D eigenvalue weighted by Gasteiger charge is 2.26. The van der Waals surface area contributed by atoms with Gasteiger partial charge in [-0.1, -0.05) is 12.8 Å². The smallest absolute Gasteiger partial charge is 0.244 e. The zero-order chi connectivity index (χ0) is 14.6. The van der Waals surface area contributed by atoms with Crippen LogP contribution in [0.4, 0.5) is 4.39 Å². The minimum atomic E-state index is -3.86. The van der Waals surface area contributed by atoms with Gasteiger partial charge in [0.1, 0.15) is 5.82 Å². The van der Waals surface area contributed by atoms with Crippen molar-refractivity contribution in [1.82, 2.24) is 4.31 Å². The fraction of sp³-hybridized carbons (Fsp3) is 0.385. The molecule has 0 unspecified atom stereocenters. The van der Waals surface area contributed by atoms with E-state index in [0.29, 0.717) is 0 Å². The Labute approximate surface area is 112 Å². The number of hydrogen-bond donors (Lipinski definition) is 1. The first-order valence-corrected chi connectivity index (χ1v) is 7.16. The fourth-order valence-electron chi connectivity index (χ4n) is 1.67. The highest BCUT2D eigenvalue weighted by Crippen LogP contribution is 2.23. The van der Waals surface area contributed by atoms with Crippen LogP contribution >= 0.6 is 0 Å². The van der Waals surface area contributed by atoms with Crippen molar-refractivity contribution in [3.8, 4) is 12.3 Å². The van der Waals surface area contributed by atoms with Crippen LogP contribution in [0.25, 0.3) is 0 Å². The van der Waals surface area contributed by atoms with Crippen LogP contribution < -0.4 is 0 Å². The number of rotatable bonds is 5. The van der Waals surface area contributed by atoms with E-state index in [4.69, 9.17) is 11.5 Å². The van der Waals surface area contributed by atoms with Gasteiger partial charge >= 0.3 is 0 Å². The van der Waals surface area contributed by atoms with Gasteiger partial charge in [-0.15, -0.1) is 6.42 Å². The maximum absolute atomic E-state index is 13.7. The zero-order valence-electron chi connectivity index (χ0n) is 10.9.